The second kappa shape index (κ2) is 7.51. The molecular formula is C17H30N2O4. The minimum absolute atomic E-state index is 0.0596. The quantitative estimate of drug-likeness (QED) is 0.813. The molecule has 1 saturated heterocycles. The van der Waals surface area contributed by atoms with Crippen molar-refractivity contribution in [2.75, 3.05) is 19.6 Å². The zero-order chi connectivity index (χ0) is 17.0. The molecule has 0 aromatic heterocycles. The highest BCUT2D eigenvalue weighted by Crippen LogP contribution is 2.34. The van der Waals surface area contributed by atoms with Crippen LogP contribution in [0.4, 0.5) is 4.79 Å². The number of carbonyl (C=O) groups is 2. The van der Waals surface area contributed by atoms with Gasteiger partial charge >= 0.3 is 12.0 Å². The topological polar surface area (TPSA) is 78.9 Å². The molecule has 2 amide bonds. The molecule has 6 heteroatoms. The lowest BCUT2D eigenvalue weighted by Gasteiger charge is -2.39. The number of carboxylic acids is 1. The van der Waals surface area contributed by atoms with Gasteiger partial charge in [-0.1, -0.05) is 0 Å². The fourth-order valence-electron chi connectivity index (χ4n) is 3.33. The molecule has 1 aliphatic heterocycles. The van der Waals surface area contributed by atoms with Gasteiger partial charge in [-0.05, 0) is 58.8 Å². The van der Waals surface area contributed by atoms with E-state index < -0.39 is 5.97 Å². The molecule has 2 rings (SSSR count). The molecule has 2 aliphatic rings. The van der Waals surface area contributed by atoms with Crippen LogP contribution >= 0.6 is 0 Å². The van der Waals surface area contributed by atoms with E-state index in [2.05, 4.69) is 26.1 Å². The van der Waals surface area contributed by atoms with Gasteiger partial charge in [-0.2, -0.15) is 0 Å². The number of amides is 2. The van der Waals surface area contributed by atoms with E-state index >= 15 is 0 Å². The Bertz CT molecular complexity index is 419. The number of aliphatic carboxylic acids is 1. The van der Waals surface area contributed by atoms with E-state index in [9.17, 15) is 9.59 Å². The van der Waals surface area contributed by atoms with Crippen LogP contribution in [0.5, 0.6) is 0 Å². The van der Waals surface area contributed by atoms with Crippen molar-refractivity contribution in [3.8, 4) is 0 Å². The Morgan fingerprint density at radius 1 is 1.22 bits per heavy atom. The molecule has 0 unspecified atom stereocenters. The summed E-state index contributed by atoms with van der Waals surface area (Å²) in [5.74, 6) is -0.406. The summed E-state index contributed by atoms with van der Waals surface area (Å²) in [6.45, 7) is 7.99. The predicted octanol–water partition coefficient (Wildman–Crippen LogP) is 2.48. The number of nitrogens with zero attached hydrogens (tertiary/aromatic N) is 1. The molecule has 0 aromatic rings. The molecule has 2 fully saturated rings. The van der Waals surface area contributed by atoms with Gasteiger partial charge in [0.15, 0.2) is 0 Å². The normalized spacial score (nSPS) is 25.8. The standard InChI is InChI=1S/C17H30N2O4/c1-17(2,3)23-14-10-12(11-14)4-7-18-16(22)19-8-5-13(6-9-19)15(20)21/h12-14H,4-11H2,1-3H3,(H,18,22)(H,20,21). The zero-order valence-corrected chi connectivity index (χ0v) is 14.5. The average Bonchev–Trinajstić information content (AvgIpc) is 2.43. The highest BCUT2D eigenvalue weighted by atomic mass is 16.5. The number of carbonyl (C=O) groups excluding carboxylic acids is 1. The Labute approximate surface area is 138 Å². The van der Waals surface area contributed by atoms with E-state index in [1.807, 2.05) is 0 Å². The largest absolute Gasteiger partial charge is 0.481 e. The zero-order valence-electron chi connectivity index (χ0n) is 14.5. The van der Waals surface area contributed by atoms with Crippen LogP contribution < -0.4 is 5.32 Å². The maximum Gasteiger partial charge on any atom is 0.317 e. The minimum atomic E-state index is -0.748. The third-order valence-corrected chi connectivity index (χ3v) is 4.67. The third-order valence-electron chi connectivity index (χ3n) is 4.67. The molecule has 0 aromatic carbocycles. The Morgan fingerprint density at radius 2 is 1.83 bits per heavy atom. The third kappa shape index (κ3) is 5.68. The Morgan fingerprint density at radius 3 is 2.35 bits per heavy atom. The Balaban J connectivity index is 1.56. The van der Waals surface area contributed by atoms with Crippen molar-refractivity contribution in [3.05, 3.63) is 0 Å². The summed E-state index contributed by atoms with van der Waals surface area (Å²) in [6, 6.07) is -0.0596. The SMILES string of the molecule is CC(C)(C)OC1CC(CCNC(=O)N2CCC(C(=O)O)CC2)C1. The van der Waals surface area contributed by atoms with Crippen LogP contribution in [0.15, 0.2) is 0 Å². The average molecular weight is 326 g/mol. The number of nitrogens with one attached hydrogen (secondary N) is 1. The van der Waals surface area contributed by atoms with Crippen LogP contribution in [0.3, 0.4) is 0 Å². The first-order chi connectivity index (χ1) is 10.7. The van der Waals surface area contributed by atoms with Gasteiger partial charge in [-0.25, -0.2) is 4.79 Å². The molecule has 2 N–H and O–H groups in total. The van der Waals surface area contributed by atoms with E-state index in [1.54, 1.807) is 4.90 Å². The van der Waals surface area contributed by atoms with E-state index in [4.69, 9.17) is 9.84 Å². The summed E-state index contributed by atoms with van der Waals surface area (Å²) in [7, 11) is 0. The van der Waals surface area contributed by atoms with Gasteiger partial charge < -0.3 is 20.1 Å². The molecule has 1 aliphatic carbocycles. The highest BCUT2D eigenvalue weighted by molar-refractivity contribution is 5.75. The number of rotatable bonds is 5. The van der Waals surface area contributed by atoms with Crippen LogP contribution in [-0.4, -0.2) is 53.3 Å². The summed E-state index contributed by atoms with van der Waals surface area (Å²) < 4.78 is 5.91. The van der Waals surface area contributed by atoms with Crippen molar-refractivity contribution in [2.45, 2.75) is 64.6 Å². The maximum absolute atomic E-state index is 12.1. The second-order valence-electron chi connectivity index (χ2n) is 7.81. The first-order valence-corrected chi connectivity index (χ1v) is 8.68. The molecule has 0 radical (unpaired) electrons. The van der Waals surface area contributed by atoms with Crippen molar-refractivity contribution in [1.82, 2.24) is 10.2 Å². The number of ether oxygens (including phenoxy) is 1. The van der Waals surface area contributed by atoms with Crippen LogP contribution in [0, 0.1) is 11.8 Å². The monoisotopic (exact) mass is 326 g/mol. The van der Waals surface area contributed by atoms with Crippen molar-refractivity contribution in [1.29, 1.82) is 0 Å². The molecule has 1 saturated carbocycles. The number of hydrogen-bond donors (Lipinski definition) is 2. The molecule has 23 heavy (non-hydrogen) atoms. The van der Waals surface area contributed by atoms with Crippen LogP contribution in [0.2, 0.25) is 0 Å². The lowest BCUT2D eigenvalue weighted by Crippen LogP contribution is -2.46. The fourth-order valence-corrected chi connectivity index (χ4v) is 3.33. The number of likely N-dealkylation sites (tertiary alicyclic amines) is 1. The minimum Gasteiger partial charge on any atom is -0.481 e. The molecular weight excluding hydrogens is 296 g/mol. The predicted molar refractivity (Wildman–Crippen MR) is 87.3 cm³/mol. The van der Waals surface area contributed by atoms with Crippen LogP contribution in [-0.2, 0) is 9.53 Å². The number of hydrogen-bond acceptors (Lipinski definition) is 3. The molecule has 0 spiro atoms. The lowest BCUT2D eigenvalue weighted by molar-refractivity contribution is -0.143. The highest BCUT2D eigenvalue weighted by Gasteiger charge is 2.32. The first kappa shape index (κ1) is 18.0. The van der Waals surface area contributed by atoms with Gasteiger partial charge in [0, 0.05) is 19.6 Å². The van der Waals surface area contributed by atoms with Crippen molar-refractivity contribution >= 4 is 12.0 Å². The molecule has 0 bridgehead atoms. The van der Waals surface area contributed by atoms with Gasteiger partial charge in [0.1, 0.15) is 0 Å². The van der Waals surface area contributed by atoms with Gasteiger partial charge in [0.05, 0.1) is 17.6 Å². The Kier molecular flexibility index (Phi) is 5.89. The second-order valence-corrected chi connectivity index (χ2v) is 7.81. The molecule has 6 nitrogen and oxygen atoms in total. The van der Waals surface area contributed by atoms with Crippen molar-refractivity contribution < 1.29 is 19.4 Å². The first-order valence-electron chi connectivity index (χ1n) is 8.68. The Hall–Kier alpha value is -1.30. The van der Waals surface area contributed by atoms with E-state index in [1.165, 1.54) is 0 Å². The van der Waals surface area contributed by atoms with E-state index in [-0.39, 0.29) is 17.6 Å². The molecule has 132 valence electrons. The van der Waals surface area contributed by atoms with Crippen molar-refractivity contribution in [3.63, 3.8) is 0 Å². The van der Waals surface area contributed by atoms with Gasteiger partial charge in [-0.3, -0.25) is 4.79 Å². The maximum atomic E-state index is 12.1. The number of carboxylic acid groups (broad SMARTS) is 1. The van der Waals surface area contributed by atoms with Gasteiger partial charge in [0.25, 0.3) is 0 Å². The van der Waals surface area contributed by atoms with E-state index in [0.29, 0.717) is 44.5 Å². The molecule has 0 atom stereocenters. The van der Waals surface area contributed by atoms with Gasteiger partial charge in [-0.15, -0.1) is 0 Å². The number of urea groups is 1. The molecule has 1 heterocycles. The van der Waals surface area contributed by atoms with Crippen LogP contribution in [0.1, 0.15) is 52.9 Å². The fraction of sp³-hybridized carbons (Fsp3) is 0.882. The summed E-state index contributed by atoms with van der Waals surface area (Å²) in [5.41, 5.74) is -0.0775. The summed E-state index contributed by atoms with van der Waals surface area (Å²) in [6.07, 6.45) is 4.62. The lowest BCUT2D eigenvalue weighted by atomic mass is 9.79. The van der Waals surface area contributed by atoms with Crippen LogP contribution in [0.25, 0.3) is 0 Å². The summed E-state index contributed by atoms with van der Waals surface area (Å²) in [4.78, 5) is 24.7. The summed E-state index contributed by atoms with van der Waals surface area (Å²) >= 11 is 0. The summed E-state index contributed by atoms with van der Waals surface area (Å²) in [5, 5.41) is 11.9. The smallest absolute Gasteiger partial charge is 0.317 e. The number of piperidine rings is 1. The van der Waals surface area contributed by atoms with Gasteiger partial charge in [0.2, 0.25) is 0 Å². The van der Waals surface area contributed by atoms with E-state index in [0.717, 1.165) is 19.3 Å². The van der Waals surface area contributed by atoms with Crippen molar-refractivity contribution in [2.24, 2.45) is 11.8 Å².